The molecule has 1 aromatic carbocycles. The zero-order chi connectivity index (χ0) is 11.5. The Morgan fingerprint density at radius 1 is 1.27 bits per heavy atom. The fourth-order valence-electron chi connectivity index (χ4n) is 0.851. The van der Waals surface area contributed by atoms with E-state index in [0.717, 1.165) is 6.07 Å². The normalized spacial score (nSPS) is 11.5. The van der Waals surface area contributed by atoms with Gasteiger partial charge in [-0.2, -0.15) is 13.2 Å². The number of halogens is 5. The molecule has 0 N–H and O–H groups in total. The first-order valence-corrected chi connectivity index (χ1v) is 4.82. The Labute approximate surface area is 92.2 Å². The summed E-state index contributed by atoms with van der Waals surface area (Å²) in [7, 11) is 0. The van der Waals surface area contributed by atoms with Crippen LogP contribution in [0.25, 0.3) is 0 Å². The largest absolute Gasteiger partial charge is 0.493 e. The quantitative estimate of drug-likeness (QED) is 0.766. The molecule has 0 saturated heterocycles. The summed E-state index contributed by atoms with van der Waals surface area (Å²) in [4.78, 5) is 0. The SMILES string of the molecule is Fc1ccc(OCCC(F)(F)F)cc1Br. The second-order valence-corrected chi connectivity index (χ2v) is 3.64. The summed E-state index contributed by atoms with van der Waals surface area (Å²) in [5.41, 5.74) is 0. The highest BCUT2D eigenvalue weighted by molar-refractivity contribution is 9.10. The van der Waals surface area contributed by atoms with Crippen molar-refractivity contribution in [3.05, 3.63) is 28.5 Å². The van der Waals surface area contributed by atoms with Crippen LogP contribution in [0.2, 0.25) is 0 Å². The summed E-state index contributed by atoms with van der Waals surface area (Å²) >= 11 is 2.90. The molecule has 0 bridgehead atoms. The van der Waals surface area contributed by atoms with Gasteiger partial charge >= 0.3 is 6.18 Å². The maximum Gasteiger partial charge on any atom is 0.392 e. The molecule has 0 aliphatic carbocycles. The Hall–Kier alpha value is -0.780. The summed E-state index contributed by atoms with van der Waals surface area (Å²) in [6, 6.07) is 3.68. The van der Waals surface area contributed by atoms with Crippen LogP contribution in [0, 0.1) is 5.82 Å². The van der Waals surface area contributed by atoms with Gasteiger partial charge in [-0.05, 0) is 34.1 Å². The first-order chi connectivity index (χ1) is 6.88. The van der Waals surface area contributed by atoms with Crippen LogP contribution in [0.1, 0.15) is 6.42 Å². The van der Waals surface area contributed by atoms with E-state index < -0.39 is 25.0 Å². The average molecular weight is 287 g/mol. The molecule has 0 fully saturated rings. The van der Waals surface area contributed by atoms with E-state index in [9.17, 15) is 17.6 Å². The number of ether oxygens (including phenoxy) is 1. The molecule has 0 atom stereocenters. The summed E-state index contributed by atoms with van der Waals surface area (Å²) in [5, 5.41) is 0. The molecule has 0 aromatic heterocycles. The topological polar surface area (TPSA) is 9.23 Å². The van der Waals surface area contributed by atoms with Crippen molar-refractivity contribution in [1.82, 2.24) is 0 Å². The lowest BCUT2D eigenvalue weighted by Gasteiger charge is -2.08. The summed E-state index contributed by atoms with van der Waals surface area (Å²) < 4.78 is 52.9. The van der Waals surface area contributed by atoms with Gasteiger partial charge in [-0.3, -0.25) is 0 Å². The number of hydrogen-bond donors (Lipinski definition) is 0. The molecule has 0 radical (unpaired) electrons. The fraction of sp³-hybridized carbons (Fsp3) is 0.333. The molecule has 1 rings (SSSR count). The van der Waals surface area contributed by atoms with Crippen LogP contribution < -0.4 is 4.74 Å². The van der Waals surface area contributed by atoms with Crippen molar-refractivity contribution in [2.24, 2.45) is 0 Å². The van der Waals surface area contributed by atoms with Crippen molar-refractivity contribution in [2.45, 2.75) is 12.6 Å². The molecule has 84 valence electrons. The van der Waals surface area contributed by atoms with Crippen LogP contribution in [0.5, 0.6) is 5.75 Å². The summed E-state index contributed by atoms with van der Waals surface area (Å²) in [6.45, 7) is -0.471. The lowest BCUT2D eigenvalue weighted by Crippen LogP contribution is -2.13. The standard InChI is InChI=1S/C9H7BrF4O/c10-7-5-6(1-2-8(7)11)15-4-3-9(12,13)14/h1-2,5H,3-4H2. The van der Waals surface area contributed by atoms with Gasteiger partial charge in [0.2, 0.25) is 0 Å². The van der Waals surface area contributed by atoms with Gasteiger partial charge in [-0.15, -0.1) is 0 Å². The highest BCUT2D eigenvalue weighted by Gasteiger charge is 2.26. The van der Waals surface area contributed by atoms with Crippen molar-refractivity contribution >= 4 is 15.9 Å². The average Bonchev–Trinajstić information content (AvgIpc) is 2.09. The van der Waals surface area contributed by atoms with Crippen molar-refractivity contribution in [3.8, 4) is 5.75 Å². The van der Waals surface area contributed by atoms with Crippen LogP contribution >= 0.6 is 15.9 Å². The molecule has 0 amide bonds. The van der Waals surface area contributed by atoms with Gasteiger partial charge in [0, 0.05) is 0 Å². The van der Waals surface area contributed by atoms with Crippen LogP contribution in [0.3, 0.4) is 0 Å². The van der Waals surface area contributed by atoms with E-state index in [1.54, 1.807) is 0 Å². The third-order valence-corrected chi connectivity index (χ3v) is 2.15. The molecule has 0 spiro atoms. The predicted octanol–water partition coefficient (Wildman–Crippen LogP) is 3.92. The van der Waals surface area contributed by atoms with E-state index in [1.807, 2.05) is 0 Å². The second kappa shape index (κ2) is 4.83. The number of hydrogen-bond acceptors (Lipinski definition) is 1. The van der Waals surface area contributed by atoms with E-state index in [-0.39, 0.29) is 10.2 Å². The Kier molecular flexibility index (Phi) is 3.96. The molecular weight excluding hydrogens is 280 g/mol. The van der Waals surface area contributed by atoms with Gasteiger partial charge < -0.3 is 4.74 Å². The first-order valence-electron chi connectivity index (χ1n) is 4.03. The molecule has 0 aliphatic heterocycles. The minimum absolute atomic E-state index is 0.159. The zero-order valence-corrected chi connectivity index (χ0v) is 9.03. The molecule has 6 heteroatoms. The van der Waals surface area contributed by atoms with Gasteiger partial charge in [0.05, 0.1) is 17.5 Å². The van der Waals surface area contributed by atoms with Crippen molar-refractivity contribution < 1.29 is 22.3 Å². The highest BCUT2D eigenvalue weighted by atomic mass is 79.9. The monoisotopic (exact) mass is 286 g/mol. The Morgan fingerprint density at radius 3 is 2.47 bits per heavy atom. The van der Waals surface area contributed by atoms with E-state index in [0.29, 0.717) is 0 Å². The van der Waals surface area contributed by atoms with Gasteiger partial charge in [-0.25, -0.2) is 4.39 Å². The third kappa shape index (κ3) is 4.51. The minimum atomic E-state index is -4.24. The van der Waals surface area contributed by atoms with Gasteiger partial charge in [0.15, 0.2) is 0 Å². The number of rotatable bonds is 3. The van der Waals surface area contributed by atoms with E-state index in [4.69, 9.17) is 4.74 Å². The maximum atomic E-state index is 12.7. The van der Waals surface area contributed by atoms with E-state index >= 15 is 0 Å². The van der Waals surface area contributed by atoms with Crippen molar-refractivity contribution in [3.63, 3.8) is 0 Å². The third-order valence-electron chi connectivity index (χ3n) is 1.55. The number of benzene rings is 1. The smallest absolute Gasteiger partial charge is 0.392 e. The zero-order valence-electron chi connectivity index (χ0n) is 7.44. The van der Waals surface area contributed by atoms with Gasteiger partial charge in [-0.1, -0.05) is 0 Å². The lowest BCUT2D eigenvalue weighted by atomic mass is 10.3. The van der Waals surface area contributed by atoms with Crippen LogP contribution in [0.15, 0.2) is 22.7 Å². The number of alkyl halides is 3. The Balaban J connectivity index is 2.48. The van der Waals surface area contributed by atoms with Crippen molar-refractivity contribution in [1.29, 1.82) is 0 Å². The molecular formula is C9H7BrF4O. The van der Waals surface area contributed by atoms with E-state index in [1.165, 1.54) is 12.1 Å². The van der Waals surface area contributed by atoms with Crippen LogP contribution in [-0.4, -0.2) is 12.8 Å². The highest BCUT2D eigenvalue weighted by Crippen LogP contribution is 2.23. The first kappa shape index (κ1) is 12.3. The molecule has 0 heterocycles. The molecule has 1 aromatic rings. The second-order valence-electron chi connectivity index (χ2n) is 2.79. The molecule has 1 nitrogen and oxygen atoms in total. The lowest BCUT2D eigenvalue weighted by molar-refractivity contribution is -0.139. The minimum Gasteiger partial charge on any atom is -0.493 e. The van der Waals surface area contributed by atoms with Crippen LogP contribution in [0.4, 0.5) is 17.6 Å². The Bertz CT molecular complexity index is 337. The molecule has 0 aliphatic rings. The van der Waals surface area contributed by atoms with Crippen molar-refractivity contribution in [2.75, 3.05) is 6.61 Å². The summed E-state index contributed by atoms with van der Waals surface area (Å²) in [6.07, 6.45) is -5.26. The Morgan fingerprint density at radius 2 is 1.93 bits per heavy atom. The maximum absolute atomic E-state index is 12.7. The van der Waals surface area contributed by atoms with Crippen LogP contribution in [-0.2, 0) is 0 Å². The predicted molar refractivity (Wildman–Crippen MR) is 50.3 cm³/mol. The summed E-state index contributed by atoms with van der Waals surface area (Å²) in [5.74, 6) is -0.286. The molecule has 15 heavy (non-hydrogen) atoms. The van der Waals surface area contributed by atoms with Gasteiger partial charge in [0.1, 0.15) is 11.6 Å². The van der Waals surface area contributed by atoms with Gasteiger partial charge in [0.25, 0.3) is 0 Å². The van der Waals surface area contributed by atoms with E-state index in [2.05, 4.69) is 15.9 Å². The molecule has 0 unspecified atom stereocenters. The fourth-order valence-corrected chi connectivity index (χ4v) is 1.21. The molecule has 0 saturated carbocycles.